The van der Waals surface area contributed by atoms with Gasteiger partial charge in [0.25, 0.3) is 0 Å². The van der Waals surface area contributed by atoms with Gasteiger partial charge in [0.2, 0.25) is 0 Å². The molecule has 0 spiro atoms. The molecule has 0 amide bonds. The molecule has 2 N–H and O–H groups in total. The van der Waals surface area contributed by atoms with E-state index in [0.717, 1.165) is 12.8 Å². The van der Waals surface area contributed by atoms with Crippen LogP contribution < -0.4 is 10.5 Å². The Hall–Kier alpha value is -1.13. The van der Waals surface area contributed by atoms with Gasteiger partial charge in [0.15, 0.2) is 0 Å². The van der Waals surface area contributed by atoms with E-state index in [-0.39, 0.29) is 18.0 Å². The van der Waals surface area contributed by atoms with Crippen LogP contribution in [0.1, 0.15) is 38.3 Å². The Morgan fingerprint density at radius 1 is 1.50 bits per heavy atom. The van der Waals surface area contributed by atoms with E-state index in [9.17, 15) is 4.39 Å². The summed E-state index contributed by atoms with van der Waals surface area (Å²) in [5, 5.41) is 0. The first kappa shape index (κ1) is 13.3. The standard InChI is InChI=1S/C14H20FNO2/c1-9-3-5-12(18-9)8-17-14-6-4-11(15)7-13(14)10(2)16/h4,6-7,9-10,12H,3,5,8,16H2,1-2H3/t9?,10-,12?/m0/s1. The lowest BCUT2D eigenvalue weighted by Gasteiger charge is -2.17. The normalized spacial score (nSPS) is 25.1. The van der Waals surface area contributed by atoms with E-state index in [4.69, 9.17) is 15.2 Å². The van der Waals surface area contributed by atoms with Crippen LogP contribution in [0.3, 0.4) is 0 Å². The molecule has 2 rings (SSSR count). The molecule has 0 radical (unpaired) electrons. The van der Waals surface area contributed by atoms with Gasteiger partial charge >= 0.3 is 0 Å². The molecule has 1 aliphatic heterocycles. The molecule has 18 heavy (non-hydrogen) atoms. The molecule has 0 aromatic heterocycles. The first-order valence-electron chi connectivity index (χ1n) is 6.39. The third-order valence-electron chi connectivity index (χ3n) is 3.21. The lowest BCUT2D eigenvalue weighted by molar-refractivity contribution is 0.0262. The molecule has 1 aromatic rings. The number of halogens is 1. The summed E-state index contributed by atoms with van der Waals surface area (Å²) in [7, 11) is 0. The molecule has 2 unspecified atom stereocenters. The first-order valence-corrected chi connectivity index (χ1v) is 6.39. The third kappa shape index (κ3) is 3.21. The highest BCUT2D eigenvalue weighted by Gasteiger charge is 2.22. The lowest BCUT2D eigenvalue weighted by atomic mass is 10.1. The molecule has 3 nitrogen and oxygen atoms in total. The molecule has 0 saturated carbocycles. The largest absolute Gasteiger partial charge is 0.491 e. The maximum Gasteiger partial charge on any atom is 0.124 e. The minimum Gasteiger partial charge on any atom is -0.491 e. The van der Waals surface area contributed by atoms with E-state index in [1.807, 2.05) is 6.92 Å². The monoisotopic (exact) mass is 253 g/mol. The van der Waals surface area contributed by atoms with Crippen molar-refractivity contribution in [2.24, 2.45) is 5.73 Å². The predicted octanol–water partition coefficient (Wildman–Crippen LogP) is 2.79. The highest BCUT2D eigenvalue weighted by molar-refractivity contribution is 5.36. The fourth-order valence-electron chi connectivity index (χ4n) is 2.20. The molecule has 4 heteroatoms. The summed E-state index contributed by atoms with van der Waals surface area (Å²) >= 11 is 0. The molecule has 1 saturated heterocycles. The van der Waals surface area contributed by atoms with Crippen molar-refractivity contribution in [2.75, 3.05) is 6.61 Å². The van der Waals surface area contributed by atoms with E-state index in [2.05, 4.69) is 6.92 Å². The first-order chi connectivity index (χ1) is 8.56. The Morgan fingerprint density at radius 2 is 2.28 bits per heavy atom. The maximum absolute atomic E-state index is 13.2. The summed E-state index contributed by atoms with van der Waals surface area (Å²) in [6, 6.07) is 4.20. The number of hydrogen-bond donors (Lipinski definition) is 1. The smallest absolute Gasteiger partial charge is 0.124 e. The highest BCUT2D eigenvalue weighted by Crippen LogP contribution is 2.26. The van der Waals surface area contributed by atoms with Crippen molar-refractivity contribution < 1.29 is 13.9 Å². The van der Waals surface area contributed by atoms with Crippen molar-refractivity contribution in [1.29, 1.82) is 0 Å². The van der Waals surface area contributed by atoms with Gasteiger partial charge in [0.1, 0.15) is 18.2 Å². The van der Waals surface area contributed by atoms with Crippen molar-refractivity contribution in [3.8, 4) is 5.75 Å². The van der Waals surface area contributed by atoms with Crippen molar-refractivity contribution >= 4 is 0 Å². The van der Waals surface area contributed by atoms with E-state index in [1.165, 1.54) is 12.1 Å². The lowest BCUT2D eigenvalue weighted by Crippen LogP contribution is -2.19. The quantitative estimate of drug-likeness (QED) is 0.897. The van der Waals surface area contributed by atoms with Crippen LogP contribution in [0.2, 0.25) is 0 Å². The average Bonchev–Trinajstić information content (AvgIpc) is 2.73. The van der Waals surface area contributed by atoms with Crippen molar-refractivity contribution in [3.05, 3.63) is 29.6 Å². The summed E-state index contributed by atoms with van der Waals surface area (Å²) < 4.78 is 24.6. The van der Waals surface area contributed by atoms with Gasteiger partial charge in [-0.15, -0.1) is 0 Å². The summed E-state index contributed by atoms with van der Waals surface area (Å²) in [5.41, 5.74) is 6.51. The van der Waals surface area contributed by atoms with Gasteiger partial charge in [-0.25, -0.2) is 4.39 Å². The Morgan fingerprint density at radius 3 is 2.89 bits per heavy atom. The summed E-state index contributed by atoms with van der Waals surface area (Å²) in [4.78, 5) is 0. The topological polar surface area (TPSA) is 44.5 Å². The van der Waals surface area contributed by atoms with Crippen molar-refractivity contribution in [1.82, 2.24) is 0 Å². The maximum atomic E-state index is 13.2. The van der Waals surface area contributed by atoms with Crippen LogP contribution in [-0.4, -0.2) is 18.8 Å². The molecule has 1 aliphatic rings. The van der Waals surface area contributed by atoms with Crippen LogP contribution >= 0.6 is 0 Å². The zero-order valence-corrected chi connectivity index (χ0v) is 10.9. The highest BCUT2D eigenvalue weighted by atomic mass is 19.1. The molecule has 0 aliphatic carbocycles. The minimum atomic E-state index is -0.291. The van der Waals surface area contributed by atoms with Gasteiger partial charge in [-0.3, -0.25) is 0 Å². The van der Waals surface area contributed by atoms with Crippen molar-refractivity contribution in [3.63, 3.8) is 0 Å². The SMILES string of the molecule is CC1CCC(COc2ccc(F)cc2[C@H](C)N)O1. The number of hydrogen-bond acceptors (Lipinski definition) is 3. The number of rotatable bonds is 4. The number of nitrogens with two attached hydrogens (primary N) is 1. The van der Waals surface area contributed by atoms with E-state index in [1.54, 1.807) is 6.07 Å². The van der Waals surface area contributed by atoms with Crippen LogP contribution in [0.5, 0.6) is 5.75 Å². The molecular weight excluding hydrogens is 233 g/mol. The van der Waals surface area contributed by atoms with Gasteiger partial charge in [-0.2, -0.15) is 0 Å². The van der Waals surface area contributed by atoms with E-state index in [0.29, 0.717) is 24.0 Å². The fraction of sp³-hybridized carbons (Fsp3) is 0.571. The molecule has 1 heterocycles. The zero-order chi connectivity index (χ0) is 13.1. The third-order valence-corrected chi connectivity index (χ3v) is 3.21. The second kappa shape index (κ2) is 5.67. The second-order valence-corrected chi connectivity index (χ2v) is 4.93. The van der Waals surface area contributed by atoms with Gasteiger partial charge in [0.05, 0.1) is 12.2 Å². The van der Waals surface area contributed by atoms with Crippen molar-refractivity contribution in [2.45, 2.75) is 44.9 Å². The van der Waals surface area contributed by atoms with Crippen LogP contribution in [-0.2, 0) is 4.74 Å². The van der Waals surface area contributed by atoms with Gasteiger partial charge < -0.3 is 15.2 Å². The van der Waals surface area contributed by atoms with Gasteiger partial charge in [-0.05, 0) is 44.9 Å². The zero-order valence-electron chi connectivity index (χ0n) is 10.9. The Kier molecular flexibility index (Phi) is 4.19. The Labute approximate surface area is 107 Å². The molecule has 1 aromatic carbocycles. The van der Waals surface area contributed by atoms with Gasteiger partial charge in [-0.1, -0.05) is 0 Å². The summed E-state index contributed by atoms with van der Waals surface area (Å²) in [5.74, 6) is 0.356. The summed E-state index contributed by atoms with van der Waals surface area (Å²) in [6.07, 6.45) is 2.51. The molecule has 1 fully saturated rings. The van der Waals surface area contributed by atoms with E-state index < -0.39 is 0 Å². The summed E-state index contributed by atoms with van der Waals surface area (Å²) in [6.45, 7) is 4.37. The van der Waals surface area contributed by atoms with E-state index >= 15 is 0 Å². The van der Waals surface area contributed by atoms with Crippen LogP contribution in [0.4, 0.5) is 4.39 Å². The second-order valence-electron chi connectivity index (χ2n) is 4.93. The molecule has 100 valence electrons. The molecule has 0 bridgehead atoms. The Balaban J connectivity index is 2.00. The van der Waals surface area contributed by atoms with Crippen LogP contribution in [0.15, 0.2) is 18.2 Å². The molecular formula is C14H20FNO2. The average molecular weight is 253 g/mol. The number of ether oxygens (including phenoxy) is 2. The fourth-order valence-corrected chi connectivity index (χ4v) is 2.20. The van der Waals surface area contributed by atoms with Gasteiger partial charge in [0, 0.05) is 11.6 Å². The Bertz CT molecular complexity index is 409. The van der Waals surface area contributed by atoms with Crippen LogP contribution in [0.25, 0.3) is 0 Å². The predicted molar refractivity (Wildman–Crippen MR) is 68.1 cm³/mol. The minimum absolute atomic E-state index is 0.131. The number of benzene rings is 1. The molecule has 3 atom stereocenters. The van der Waals surface area contributed by atoms with Crippen LogP contribution in [0, 0.1) is 5.82 Å².